The fourth-order valence-electron chi connectivity index (χ4n) is 4.27. The predicted molar refractivity (Wildman–Crippen MR) is 125 cm³/mol. The van der Waals surface area contributed by atoms with Gasteiger partial charge in [-0.3, -0.25) is 10.1 Å². The van der Waals surface area contributed by atoms with Crippen molar-refractivity contribution in [2.75, 3.05) is 6.79 Å². The van der Waals surface area contributed by atoms with Gasteiger partial charge in [0.1, 0.15) is 11.3 Å². The average molecular weight is 450 g/mol. The highest BCUT2D eigenvalue weighted by Gasteiger charge is 2.19. The van der Waals surface area contributed by atoms with Crippen molar-refractivity contribution in [3.05, 3.63) is 54.7 Å². The van der Waals surface area contributed by atoms with Crippen LogP contribution in [0.2, 0.25) is 0 Å². The van der Waals surface area contributed by atoms with E-state index in [4.69, 9.17) is 19.4 Å². The third-order valence-corrected chi connectivity index (χ3v) is 6.19. The van der Waals surface area contributed by atoms with Gasteiger partial charge in [0, 0.05) is 18.8 Å². The third kappa shape index (κ3) is 2.71. The van der Waals surface area contributed by atoms with Crippen LogP contribution < -0.4 is 9.47 Å². The molecule has 6 aromatic rings. The van der Waals surface area contributed by atoms with E-state index in [1.54, 1.807) is 12.4 Å². The lowest BCUT2D eigenvalue weighted by Gasteiger charge is -2.03. The molecule has 0 atom stereocenters. The zero-order valence-electron chi connectivity index (χ0n) is 18.3. The van der Waals surface area contributed by atoms with E-state index in [1.165, 1.54) is 0 Å². The number of hydrogen-bond donors (Lipinski definition) is 2. The Bertz CT molecular complexity index is 1730. The number of aromatic amines is 2. The number of hydrogen-bond acceptors (Lipinski definition) is 7. The van der Waals surface area contributed by atoms with E-state index in [9.17, 15) is 0 Å². The largest absolute Gasteiger partial charge is 0.454 e. The summed E-state index contributed by atoms with van der Waals surface area (Å²) in [5, 5.41) is 7.58. The molecule has 1 aliphatic heterocycles. The number of imidazole rings is 2. The van der Waals surface area contributed by atoms with Gasteiger partial charge in [0.15, 0.2) is 23.0 Å². The summed E-state index contributed by atoms with van der Waals surface area (Å²) in [5.74, 6) is 2.98. The minimum Gasteiger partial charge on any atom is -0.454 e. The van der Waals surface area contributed by atoms with Crippen LogP contribution in [0, 0.1) is 6.92 Å². The Morgan fingerprint density at radius 1 is 0.941 bits per heavy atom. The van der Waals surface area contributed by atoms with Crippen LogP contribution in [-0.4, -0.2) is 46.5 Å². The SMILES string of the molecule is Cc1ncc(-c2ccc3[nH]nc(-c4nc5c(-c6ccc7c(c6)OCO7)cncc5[nH]4)c3n2)n1C. The van der Waals surface area contributed by atoms with Gasteiger partial charge >= 0.3 is 0 Å². The summed E-state index contributed by atoms with van der Waals surface area (Å²) in [6.45, 7) is 2.19. The molecule has 10 nitrogen and oxygen atoms in total. The fraction of sp³-hybridized carbons (Fsp3) is 0.125. The molecule has 0 unspecified atom stereocenters. The molecule has 0 radical (unpaired) electrons. The maximum atomic E-state index is 5.54. The topological polar surface area (TPSA) is 119 Å². The van der Waals surface area contributed by atoms with E-state index in [0.29, 0.717) is 17.3 Å². The van der Waals surface area contributed by atoms with E-state index >= 15 is 0 Å². The van der Waals surface area contributed by atoms with Crippen LogP contribution in [0.25, 0.3) is 56.1 Å². The summed E-state index contributed by atoms with van der Waals surface area (Å²) in [7, 11) is 1.98. The van der Waals surface area contributed by atoms with E-state index in [0.717, 1.165) is 56.2 Å². The molecule has 5 aromatic heterocycles. The van der Waals surface area contributed by atoms with Crippen molar-refractivity contribution in [1.29, 1.82) is 0 Å². The van der Waals surface area contributed by atoms with Crippen molar-refractivity contribution >= 4 is 22.1 Å². The molecule has 0 amide bonds. The van der Waals surface area contributed by atoms with Gasteiger partial charge in [0.2, 0.25) is 6.79 Å². The molecule has 2 N–H and O–H groups in total. The first-order valence-corrected chi connectivity index (χ1v) is 10.7. The molecule has 0 saturated heterocycles. The van der Waals surface area contributed by atoms with E-state index < -0.39 is 0 Å². The summed E-state index contributed by atoms with van der Waals surface area (Å²) in [6, 6.07) is 9.75. The zero-order valence-corrected chi connectivity index (χ0v) is 18.3. The van der Waals surface area contributed by atoms with Crippen LogP contribution in [0.4, 0.5) is 0 Å². The van der Waals surface area contributed by atoms with Gasteiger partial charge in [0.05, 0.1) is 40.3 Å². The Morgan fingerprint density at radius 2 is 1.85 bits per heavy atom. The molecule has 0 bridgehead atoms. The Balaban J connectivity index is 1.37. The van der Waals surface area contributed by atoms with Crippen molar-refractivity contribution in [1.82, 2.24) is 39.7 Å². The molecule has 7 rings (SSSR count). The summed E-state index contributed by atoms with van der Waals surface area (Å²) < 4.78 is 13.0. The second kappa shape index (κ2) is 6.88. The number of aromatic nitrogens is 8. The van der Waals surface area contributed by atoms with Crippen molar-refractivity contribution in [2.24, 2.45) is 7.05 Å². The van der Waals surface area contributed by atoms with Gasteiger partial charge in [-0.2, -0.15) is 5.10 Å². The lowest BCUT2D eigenvalue weighted by Crippen LogP contribution is -1.96. The Morgan fingerprint density at radius 3 is 2.74 bits per heavy atom. The first-order chi connectivity index (χ1) is 16.7. The molecule has 0 spiro atoms. The number of nitrogens with zero attached hydrogens (tertiary/aromatic N) is 6. The molecule has 1 aromatic carbocycles. The van der Waals surface area contributed by atoms with Crippen LogP contribution in [0.1, 0.15) is 5.82 Å². The van der Waals surface area contributed by atoms with Crippen LogP contribution >= 0.6 is 0 Å². The molecule has 10 heteroatoms. The molecule has 166 valence electrons. The Kier molecular flexibility index (Phi) is 3.81. The fourth-order valence-corrected chi connectivity index (χ4v) is 4.27. The Labute approximate surface area is 192 Å². The third-order valence-electron chi connectivity index (χ3n) is 6.19. The summed E-state index contributed by atoms with van der Waals surface area (Å²) in [6.07, 6.45) is 5.39. The van der Waals surface area contributed by atoms with Crippen LogP contribution in [0.15, 0.2) is 48.9 Å². The molecule has 0 aliphatic carbocycles. The number of H-pyrrole nitrogens is 2. The second-order valence-electron chi connectivity index (χ2n) is 8.15. The van der Waals surface area contributed by atoms with Crippen molar-refractivity contribution in [3.8, 4) is 45.5 Å². The second-order valence-corrected chi connectivity index (χ2v) is 8.15. The quantitative estimate of drug-likeness (QED) is 0.418. The summed E-state index contributed by atoms with van der Waals surface area (Å²) in [4.78, 5) is 21.9. The van der Waals surface area contributed by atoms with E-state index in [2.05, 4.69) is 25.1 Å². The number of aryl methyl sites for hydroxylation is 1. The minimum absolute atomic E-state index is 0.230. The van der Waals surface area contributed by atoms with Crippen molar-refractivity contribution in [3.63, 3.8) is 0 Å². The number of benzene rings is 1. The number of fused-ring (bicyclic) bond motifs is 3. The molecule has 0 saturated carbocycles. The number of pyridine rings is 2. The standard InChI is InChI=1S/C24H18N8O2/c1-12-26-10-18(32(12)2)15-4-5-16-22(27-15)23(31-30-16)24-28-17-9-25-8-14(21(17)29-24)13-3-6-19-20(7-13)34-11-33-19/h3-10H,11H2,1-2H3,(H,28,29)(H,30,31). The van der Waals surface area contributed by atoms with Gasteiger partial charge in [-0.1, -0.05) is 6.07 Å². The lowest BCUT2D eigenvalue weighted by molar-refractivity contribution is 0.174. The highest BCUT2D eigenvalue weighted by atomic mass is 16.7. The van der Waals surface area contributed by atoms with Gasteiger partial charge < -0.3 is 19.0 Å². The lowest BCUT2D eigenvalue weighted by atomic mass is 10.1. The predicted octanol–water partition coefficient (Wildman–Crippen LogP) is 4.00. The molecule has 6 heterocycles. The molecular weight excluding hydrogens is 432 g/mol. The number of nitrogens with one attached hydrogen (secondary N) is 2. The van der Waals surface area contributed by atoms with Crippen molar-refractivity contribution in [2.45, 2.75) is 6.92 Å². The Hall–Kier alpha value is -4.73. The maximum Gasteiger partial charge on any atom is 0.231 e. The van der Waals surface area contributed by atoms with E-state index in [-0.39, 0.29) is 6.79 Å². The summed E-state index contributed by atoms with van der Waals surface area (Å²) in [5.41, 5.74) is 7.38. The van der Waals surface area contributed by atoms with Crippen LogP contribution in [-0.2, 0) is 7.05 Å². The van der Waals surface area contributed by atoms with Gasteiger partial charge in [0.25, 0.3) is 0 Å². The van der Waals surface area contributed by atoms with E-state index in [1.807, 2.05) is 55.1 Å². The normalized spacial score (nSPS) is 12.8. The molecule has 1 aliphatic rings. The first-order valence-electron chi connectivity index (χ1n) is 10.7. The summed E-state index contributed by atoms with van der Waals surface area (Å²) >= 11 is 0. The molecular formula is C24H18N8O2. The first kappa shape index (κ1) is 18.8. The van der Waals surface area contributed by atoms with Crippen molar-refractivity contribution < 1.29 is 9.47 Å². The molecule has 0 fully saturated rings. The molecule has 34 heavy (non-hydrogen) atoms. The minimum atomic E-state index is 0.230. The van der Waals surface area contributed by atoms with Crippen LogP contribution in [0.3, 0.4) is 0 Å². The van der Waals surface area contributed by atoms with Gasteiger partial charge in [-0.15, -0.1) is 0 Å². The highest BCUT2D eigenvalue weighted by Crippen LogP contribution is 2.38. The number of rotatable bonds is 3. The average Bonchev–Trinajstić information content (AvgIpc) is 3.64. The van der Waals surface area contributed by atoms with Gasteiger partial charge in [-0.05, 0) is 36.8 Å². The smallest absolute Gasteiger partial charge is 0.231 e. The monoisotopic (exact) mass is 450 g/mol. The maximum absolute atomic E-state index is 5.54. The van der Waals surface area contributed by atoms with Gasteiger partial charge in [-0.25, -0.2) is 15.0 Å². The van der Waals surface area contributed by atoms with Crippen LogP contribution in [0.5, 0.6) is 11.5 Å². The number of ether oxygens (including phenoxy) is 2. The highest BCUT2D eigenvalue weighted by molar-refractivity contribution is 5.96. The zero-order chi connectivity index (χ0) is 22.8.